The van der Waals surface area contributed by atoms with Crippen molar-refractivity contribution in [3.05, 3.63) is 101 Å². The van der Waals surface area contributed by atoms with Gasteiger partial charge in [-0.25, -0.2) is 4.98 Å². The van der Waals surface area contributed by atoms with Gasteiger partial charge in [-0.3, -0.25) is 0 Å². The number of aromatic nitrogens is 2. The molecule has 0 fully saturated rings. The molecule has 0 spiro atoms. The number of imidazole rings is 1. The summed E-state index contributed by atoms with van der Waals surface area (Å²) in [6.45, 7) is 0. The summed E-state index contributed by atoms with van der Waals surface area (Å²) in [6.07, 6.45) is 1.70. The molecule has 120 valence electrons. The third-order valence-corrected chi connectivity index (χ3v) is 4.31. The van der Waals surface area contributed by atoms with Gasteiger partial charge in [-0.05, 0) is 41.3 Å². The van der Waals surface area contributed by atoms with Crippen molar-refractivity contribution in [2.24, 2.45) is 0 Å². The molecule has 3 aromatic carbocycles. The van der Waals surface area contributed by atoms with Gasteiger partial charge in [-0.1, -0.05) is 54.6 Å². The number of H-pyrrole nitrogens is 1. The molecule has 0 saturated carbocycles. The second kappa shape index (κ2) is 6.62. The Morgan fingerprint density at radius 3 is 2.20 bits per heavy atom. The minimum Gasteiger partial charge on any atom is -0.342 e. The molecule has 0 unspecified atom stereocenters. The van der Waals surface area contributed by atoms with Gasteiger partial charge in [-0.2, -0.15) is 5.26 Å². The molecule has 1 N–H and O–H groups in total. The highest BCUT2D eigenvalue weighted by molar-refractivity contribution is 5.76. The molecule has 0 atom stereocenters. The molecule has 4 aromatic rings. The molecule has 1 aromatic heterocycles. The Morgan fingerprint density at radius 1 is 0.800 bits per heavy atom. The van der Waals surface area contributed by atoms with Crippen LogP contribution in [-0.2, 0) is 12.8 Å². The van der Waals surface area contributed by atoms with Crippen LogP contribution in [0.1, 0.15) is 28.1 Å². The summed E-state index contributed by atoms with van der Waals surface area (Å²) < 4.78 is 0. The quantitative estimate of drug-likeness (QED) is 0.596. The van der Waals surface area contributed by atoms with E-state index >= 15 is 0 Å². The smallest absolute Gasteiger partial charge is 0.111 e. The predicted octanol–water partition coefficient (Wildman–Crippen LogP) is 4.62. The maximum absolute atomic E-state index is 8.99. The Morgan fingerprint density at radius 2 is 1.48 bits per heavy atom. The van der Waals surface area contributed by atoms with Crippen LogP contribution in [0.25, 0.3) is 11.0 Å². The number of rotatable bonds is 4. The zero-order valence-corrected chi connectivity index (χ0v) is 13.7. The molecule has 25 heavy (non-hydrogen) atoms. The number of nitrogens with zero attached hydrogens (tertiary/aromatic N) is 2. The molecule has 0 aliphatic heterocycles. The van der Waals surface area contributed by atoms with Crippen molar-refractivity contribution in [2.75, 3.05) is 0 Å². The number of aromatic amines is 1. The molecule has 1 heterocycles. The molecule has 0 radical (unpaired) electrons. The zero-order chi connectivity index (χ0) is 17.1. The molecule has 0 aliphatic carbocycles. The molecular formula is C22H17N3. The van der Waals surface area contributed by atoms with Gasteiger partial charge in [0.2, 0.25) is 0 Å². The van der Waals surface area contributed by atoms with E-state index in [0.29, 0.717) is 5.56 Å². The van der Waals surface area contributed by atoms with Crippen LogP contribution >= 0.6 is 0 Å². The van der Waals surface area contributed by atoms with E-state index in [1.165, 1.54) is 16.7 Å². The molecule has 0 amide bonds. The summed E-state index contributed by atoms with van der Waals surface area (Å²) in [5.74, 6) is 0.917. The molecule has 0 saturated heterocycles. The number of hydrogen-bond acceptors (Lipinski definition) is 2. The lowest BCUT2D eigenvalue weighted by molar-refractivity contribution is 1.03. The van der Waals surface area contributed by atoms with Gasteiger partial charge in [0.05, 0.1) is 22.7 Å². The van der Waals surface area contributed by atoms with Crippen molar-refractivity contribution in [2.45, 2.75) is 12.8 Å². The minimum atomic E-state index is 0.646. The maximum atomic E-state index is 8.99. The lowest BCUT2D eigenvalue weighted by atomic mass is 10.0. The highest BCUT2D eigenvalue weighted by Crippen LogP contribution is 2.17. The van der Waals surface area contributed by atoms with Gasteiger partial charge in [0, 0.05) is 6.42 Å². The fourth-order valence-corrected chi connectivity index (χ4v) is 3.02. The Labute approximate surface area is 146 Å². The monoisotopic (exact) mass is 323 g/mol. The largest absolute Gasteiger partial charge is 0.342 e. The summed E-state index contributed by atoms with van der Waals surface area (Å²) >= 11 is 0. The third-order valence-electron chi connectivity index (χ3n) is 4.31. The highest BCUT2D eigenvalue weighted by atomic mass is 14.9. The highest BCUT2D eigenvalue weighted by Gasteiger charge is 2.05. The summed E-state index contributed by atoms with van der Waals surface area (Å²) in [7, 11) is 0. The Hall–Kier alpha value is -3.38. The number of nitrogens with one attached hydrogen (secondary N) is 1. The number of hydrogen-bond donors (Lipinski definition) is 1. The second-order valence-electron chi connectivity index (χ2n) is 6.18. The minimum absolute atomic E-state index is 0.646. The Bertz CT molecular complexity index is 1040. The Balaban J connectivity index is 1.50. The van der Waals surface area contributed by atoms with Crippen molar-refractivity contribution in [3.8, 4) is 6.07 Å². The van der Waals surface area contributed by atoms with E-state index in [2.05, 4.69) is 64.6 Å². The van der Waals surface area contributed by atoms with Crippen molar-refractivity contribution in [1.29, 1.82) is 5.26 Å². The normalized spacial score (nSPS) is 10.7. The zero-order valence-electron chi connectivity index (χ0n) is 13.7. The van der Waals surface area contributed by atoms with E-state index in [1.54, 1.807) is 6.07 Å². The van der Waals surface area contributed by atoms with E-state index in [4.69, 9.17) is 5.26 Å². The topological polar surface area (TPSA) is 52.5 Å². The van der Waals surface area contributed by atoms with Crippen LogP contribution in [0.2, 0.25) is 0 Å². The molecule has 0 bridgehead atoms. The van der Waals surface area contributed by atoms with Gasteiger partial charge >= 0.3 is 0 Å². The number of fused-ring (bicyclic) bond motifs is 1. The van der Waals surface area contributed by atoms with Crippen molar-refractivity contribution in [1.82, 2.24) is 9.97 Å². The first-order valence-electron chi connectivity index (χ1n) is 8.31. The van der Waals surface area contributed by atoms with Crippen molar-refractivity contribution in [3.63, 3.8) is 0 Å². The first kappa shape index (κ1) is 15.2. The summed E-state index contributed by atoms with van der Waals surface area (Å²) in [5, 5.41) is 8.99. The fraction of sp³-hybridized carbons (Fsp3) is 0.0909. The number of benzene rings is 3. The second-order valence-corrected chi connectivity index (χ2v) is 6.18. The average molecular weight is 323 g/mol. The van der Waals surface area contributed by atoms with Crippen LogP contribution < -0.4 is 0 Å². The van der Waals surface area contributed by atoms with Crippen LogP contribution in [-0.4, -0.2) is 9.97 Å². The van der Waals surface area contributed by atoms with Gasteiger partial charge in [-0.15, -0.1) is 0 Å². The molecule has 0 aliphatic rings. The van der Waals surface area contributed by atoms with Crippen LogP contribution in [0.15, 0.2) is 72.8 Å². The summed E-state index contributed by atoms with van der Waals surface area (Å²) in [4.78, 5) is 7.92. The predicted molar refractivity (Wildman–Crippen MR) is 99.3 cm³/mol. The lowest BCUT2D eigenvalue weighted by Crippen LogP contribution is -1.92. The maximum Gasteiger partial charge on any atom is 0.111 e. The van der Waals surface area contributed by atoms with Crippen molar-refractivity contribution < 1.29 is 0 Å². The van der Waals surface area contributed by atoms with Crippen LogP contribution in [0, 0.1) is 11.3 Å². The van der Waals surface area contributed by atoms with Crippen LogP contribution in [0.4, 0.5) is 0 Å². The van der Waals surface area contributed by atoms with E-state index in [0.717, 1.165) is 29.7 Å². The number of nitriles is 1. The third kappa shape index (κ3) is 3.44. The van der Waals surface area contributed by atoms with E-state index in [1.807, 2.05) is 18.2 Å². The molecule has 3 nitrogen and oxygen atoms in total. The average Bonchev–Trinajstić information content (AvgIpc) is 3.05. The summed E-state index contributed by atoms with van der Waals surface area (Å²) in [6, 6.07) is 26.8. The van der Waals surface area contributed by atoms with Crippen molar-refractivity contribution >= 4 is 11.0 Å². The van der Waals surface area contributed by atoms with E-state index in [9.17, 15) is 0 Å². The SMILES string of the molecule is N#Cc1ccc2nc(Cc3ccc(Cc4ccccc4)cc3)[nH]c2c1. The summed E-state index contributed by atoms with van der Waals surface area (Å²) in [5.41, 5.74) is 6.30. The molecular weight excluding hydrogens is 306 g/mol. The van der Waals surface area contributed by atoms with Gasteiger partial charge in [0.15, 0.2) is 0 Å². The Kier molecular flexibility index (Phi) is 4.02. The molecule has 4 rings (SSSR count). The fourth-order valence-electron chi connectivity index (χ4n) is 3.02. The van der Waals surface area contributed by atoms with E-state index < -0.39 is 0 Å². The van der Waals surface area contributed by atoms with Gasteiger partial charge in [0.25, 0.3) is 0 Å². The van der Waals surface area contributed by atoms with E-state index in [-0.39, 0.29) is 0 Å². The molecule has 3 heteroatoms. The standard InChI is InChI=1S/C22H17N3/c23-15-19-10-11-20-21(13-19)25-22(24-20)14-18-8-6-17(7-9-18)12-16-4-2-1-3-5-16/h1-11,13H,12,14H2,(H,24,25). The first-order valence-corrected chi connectivity index (χ1v) is 8.31. The van der Waals surface area contributed by atoms with Gasteiger partial charge < -0.3 is 4.98 Å². The first-order chi connectivity index (χ1) is 12.3. The van der Waals surface area contributed by atoms with Crippen LogP contribution in [0.5, 0.6) is 0 Å². The van der Waals surface area contributed by atoms with Gasteiger partial charge in [0.1, 0.15) is 5.82 Å². The lowest BCUT2D eigenvalue weighted by Gasteiger charge is -2.04. The van der Waals surface area contributed by atoms with Crippen LogP contribution in [0.3, 0.4) is 0 Å².